The number of nitrogens with zero attached hydrogens (tertiary/aromatic N) is 1. The molecule has 0 unspecified atom stereocenters. The number of ketones is 1. The molecule has 2 nitrogen and oxygen atoms in total. The van der Waals surface area contributed by atoms with Gasteiger partial charge in [0.2, 0.25) is 5.78 Å². The Labute approximate surface area is 157 Å². The molecule has 0 aliphatic carbocycles. The zero-order chi connectivity index (χ0) is 17.7. The summed E-state index contributed by atoms with van der Waals surface area (Å²) in [7, 11) is 0. The Bertz CT molecular complexity index is 849. The van der Waals surface area contributed by atoms with Crippen LogP contribution in [0.3, 0.4) is 0 Å². The summed E-state index contributed by atoms with van der Waals surface area (Å²) in [6, 6.07) is 12.5. The van der Waals surface area contributed by atoms with Gasteiger partial charge in [0, 0.05) is 29.4 Å². The van der Waals surface area contributed by atoms with Crippen molar-refractivity contribution < 1.29 is 4.79 Å². The van der Waals surface area contributed by atoms with E-state index < -0.39 is 9.58 Å². The van der Waals surface area contributed by atoms with E-state index in [-0.39, 0.29) is 5.41 Å². The van der Waals surface area contributed by atoms with Gasteiger partial charge in [0.25, 0.3) is 3.79 Å². The van der Waals surface area contributed by atoms with Gasteiger partial charge in [0.05, 0.1) is 0 Å². The van der Waals surface area contributed by atoms with E-state index in [4.69, 9.17) is 34.8 Å². The van der Waals surface area contributed by atoms with Crippen LogP contribution in [0.25, 0.3) is 10.8 Å². The maximum atomic E-state index is 12.3. The van der Waals surface area contributed by atoms with E-state index in [1.165, 1.54) is 22.4 Å². The molecule has 2 aromatic rings. The number of carbonyl (C=O) groups is 1. The minimum atomic E-state index is -1.95. The van der Waals surface area contributed by atoms with Crippen LogP contribution < -0.4 is 4.90 Å². The molecule has 5 heteroatoms. The Morgan fingerprint density at radius 2 is 1.83 bits per heavy atom. The molecule has 1 aliphatic rings. The molecule has 0 N–H and O–H groups in total. The molecule has 2 aromatic carbocycles. The molecule has 0 saturated carbocycles. The number of anilines is 1. The molecule has 0 spiro atoms. The van der Waals surface area contributed by atoms with E-state index in [1.807, 2.05) is 19.1 Å². The first-order valence-electron chi connectivity index (χ1n) is 7.81. The van der Waals surface area contributed by atoms with Crippen molar-refractivity contribution in [3.05, 3.63) is 53.7 Å². The van der Waals surface area contributed by atoms with Crippen molar-refractivity contribution in [3.63, 3.8) is 0 Å². The smallest absolute Gasteiger partial charge is 0.252 e. The van der Waals surface area contributed by atoms with E-state index in [0.29, 0.717) is 0 Å². The SMILES string of the molecule is CCN1/C(=C/C(=O)C(Cl)(Cl)Cl)C(C)(C)c2c1ccc1ccccc21. The van der Waals surface area contributed by atoms with Gasteiger partial charge in [-0.05, 0) is 29.3 Å². The van der Waals surface area contributed by atoms with Crippen LogP contribution in [0.4, 0.5) is 5.69 Å². The molecular weight excluding hydrogens is 365 g/mol. The quantitative estimate of drug-likeness (QED) is 0.484. The van der Waals surface area contributed by atoms with Gasteiger partial charge in [-0.3, -0.25) is 4.79 Å². The fourth-order valence-electron chi connectivity index (χ4n) is 3.54. The number of alkyl halides is 3. The standard InChI is InChI=1S/C19H18Cl3NO/c1-4-23-14-10-9-12-7-5-6-8-13(12)17(14)18(2,3)15(23)11-16(24)19(20,21)22/h5-11H,4H2,1-3H3/b15-11+. The highest BCUT2D eigenvalue weighted by Gasteiger charge is 2.42. The van der Waals surface area contributed by atoms with Gasteiger partial charge in [0.15, 0.2) is 0 Å². The van der Waals surface area contributed by atoms with E-state index in [0.717, 1.165) is 17.9 Å². The topological polar surface area (TPSA) is 20.3 Å². The van der Waals surface area contributed by atoms with Crippen molar-refractivity contribution in [2.45, 2.75) is 30.0 Å². The Balaban J connectivity index is 2.26. The second kappa shape index (κ2) is 5.94. The largest absolute Gasteiger partial charge is 0.344 e. The fraction of sp³-hybridized carbons (Fsp3) is 0.316. The molecule has 1 heterocycles. The Kier molecular flexibility index (Phi) is 4.36. The zero-order valence-electron chi connectivity index (χ0n) is 13.7. The fourth-order valence-corrected chi connectivity index (χ4v) is 3.71. The summed E-state index contributed by atoms with van der Waals surface area (Å²) in [4.78, 5) is 14.4. The van der Waals surface area contributed by atoms with Crippen LogP contribution in [-0.2, 0) is 10.2 Å². The monoisotopic (exact) mass is 381 g/mol. The van der Waals surface area contributed by atoms with Gasteiger partial charge in [-0.1, -0.05) is 79.0 Å². The maximum Gasteiger partial charge on any atom is 0.252 e. The van der Waals surface area contributed by atoms with Crippen LogP contribution in [0.2, 0.25) is 0 Å². The lowest BCUT2D eigenvalue weighted by Crippen LogP contribution is -2.29. The molecule has 1 aliphatic heterocycles. The van der Waals surface area contributed by atoms with Crippen molar-refractivity contribution in [3.8, 4) is 0 Å². The van der Waals surface area contributed by atoms with Gasteiger partial charge >= 0.3 is 0 Å². The molecule has 0 radical (unpaired) electrons. The number of halogens is 3. The molecule has 0 bridgehead atoms. The predicted molar refractivity (Wildman–Crippen MR) is 103 cm³/mol. The molecule has 0 aromatic heterocycles. The molecule has 3 rings (SSSR count). The molecular formula is C19H18Cl3NO. The van der Waals surface area contributed by atoms with Gasteiger partial charge in [-0.2, -0.15) is 0 Å². The van der Waals surface area contributed by atoms with Crippen molar-refractivity contribution >= 4 is 57.0 Å². The van der Waals surface area contributed by atoms with Crippen molar-refractivity contribution in [1.82, 2.24) is 0 Å². The number of hydrogen-bond acceptors (Lipinski definition) is 2. The highest BCUT2D eigenvalue weighted by atomic mass is 35.6. The van der Waals surface area contributed by atoms with Crippen molar-refractivity contribution in [1.29, 1.82) is 0 Å². The van der Waals surface area contributed by atoms with Gasteiger partial charge < -0.3 is 4.90 Å². The molecule has 0 atom stereocenters. The third-order valence-electron chi connectivity index (χ3n) is 4.62. The maximum absolute atomic E-state index is 12.3. The first-order valence-corrected chi connectivity index (χ1v) is 8.94. The number of allylic oxidation sites excluding steroid dienone is 2. The summed E-state index contributed by atoms with van der Waals surface area (Å²) in [5.41, 5.74) is 2.79. The summed E-state index contributed by atoms with van der Waals surface area (Å²) in [6.45, 7) is 6.98. The average Bonchev–Trinajstić information content (AvgIpc) is 2.74. The zero-order valence-corrected chi connectivity index (χ0v) is 16.0. The van der Waals surface area contributed by atoms with Gasteiger partial charge in [0.1, 0.15) is 0 Å². The second-order valence-electron chi connectivity index (χ2n) is 6.44. The summed E-state index contributed by atoms with van der Waals surface area (Å²) in [5.74, 6) is -0.522. The predicted octanol–water partition coefficient (Wildman–Crippen LogP) is 5.78. The van der Waals surface area contributed by atoms with Crippen LogP contribution in [0.15, 0.2) is 48.2 Å². The van der Waals surface area contributed by atoms with Gasteiger partial charge in [-0.25, -0.2) is 0 Å². The van der Waals surface area contributed by atoms with E-state index in [9.17, 15) is 4.79 Å². The molecule has 0 saturated heterocycles. The second-order valence-corrected chi connectivity index (χ2v) is 8.72. The van der Waals surface area contributed by atoms with E-state index in [2.05, 4.69) is 43.0 Å². The summed E-state index contributed by atoms with van der Waals surface area (Å²) in [5, 5.41) is 2.36. The lowest BCUT2D eigenvalue weighted by atomic mass is 9.81. The Morgan fingerprint density at radius 1 is 1.17 bits per heavy atom. The van der Waals surface area contributed by atoms with E-state index >= 15 is 0 Å². The van der Waals surface area contributed by atoms with Crippen molar-refractivity contribution in [2.24, 2.45) is 0 Å². The number of benzene rings is 2. The lowest BCUT2D eigenvalue weighted by Gasteiger charge is -2.26. The van der Waals surface area contributed by atoms with Gasteiger partial charge in [-0.15, -0.1) is 0 Å². The number of rotatable bonds is 2. The number of carbonyl (C=O) groups excluding carboxylic acids is 1. The van der Waals surface area contributed by atoms with Crippen LogP contribution in [0, 0.1) is 0 Å². The molecule has 0 amide bonds. The van der Waals surface area contributed by atoms with Crippen molar-refractivity contribution in [2.75, 3.05) is 11.4 Å². The molecule has 0 fully saturated rings. The minimum Gasteiger partial charge on any atom is -0.344 e. The molecule has 24 heavy (non-hydrogen) atoms. The number of hydrogen-bond donors (Lipinski definition) is 0. The third-order valence-corrected chi connectivity index (χ3v) is 5.18. The minimum absolute atomic E-state index is 0.363. The first-order chi connectivity index (χ1) is 11.2. The van der Waals surface area contributed by atoms with Crippen LogP contribution >= 0.6 is 34.8 Å². The summed E-state index contributed by atoms with van der Waals surface area (Å²) in [6.07, 6.45) is 1.48. The third kappa shape index (κ3) is 2.71. The highest BCUT2D eigenvalue weighted by molar-refractivity contribution is 6.77. The number of fused-ring (bicyclic) bond motifs is 3. The van der Waals surface area contributed by atoms with E-state index in [1.54, 1.807) is 0 Å². The first kappa shape index (κ1) is 17.6. The average molecular weight is 383 g/mol. The molecule has 126 valence electrons. The van der Waals surface area contributed by atoms with Crippen LogP contribution in [0.5, 0.6) is 0 Å². The summed E-state index contributed by atoms with van der Waals surface area (Å²) < 4.78 is -1.95. The Hall–Kier alpha value is -1.22. The van der Waals surface area contributed by atoms with Crippen LogP contribution in [-0.4, -0.2) is 16.1 Å². The highest BCUT2D eigenvalue weighted by Crippen LogP contribution is 2.50. The normalized spacial score (nSPS) is 18.2. The lowest BCUT2D eigenvalue weighted by molar-refractivity contribution is -0.113. The van der Waals surface area contributed by atoms with Crippen LogP contribution in [0.1, 0.15) is 26.3 Å². The summed E-state index contributed by atoms with van der Waals surface area (Å²) >= 11 is 17.3. The number of likely N-dealkylation sites (N-methyl/N-ethyl adjacent to an activating group) is 1. The Morgan fingerprint density at radius 3 is 2.46 bits per heavy atom.